The monoisotopic (exact) mass is 481 g/mol. The van der Waals surface area contributed by atoms with Crippen molar-refractivity contribution in [3.63, 3.8) is 0 Å². The van der Waals surface area contributed by atoms with Gasteiger partial charge in [0, 0.05) is 30.1 Å². The average Bonchev–Trinajstić information content (AvgIpc) is 3.41. The third-order valence-corrected chi connectivity index (χ3v) is 9.09. The molecule has 1 aliphatic heterocycles. The number of thiophene rings is 1. The summed E-state index contributed by atoms with van der Waals surface area (Å²) in [7, 11) is -3.48. The molecule has 0 unspecified atom stereocenters. The molecule has 3 aromatic rings. The standard InChI is InChI=1S/C20H20ClN3O3S3/c21-17-5-2-1-4-16(17)20-22-15(13-29-20)12-18(25)24-9-7-14(8-10-24)23-30(26,27)19-6-3-11-28-19/h1-6,11,13-14,23H,7-10,12H2. The summed E-state index contributed by atoms with van der Waals surface area (Å²) >= 11 is 8.90. The van der Waals surface area contributed by atoms with E-state index in [1.807, 2.05) is 29.6 Å². The van der Waals surface area contributed by atoms with Crippen LogP contribution in [0.3, 0.4) is 0 Å². The van der Waals surface area contributed by atoms with E-state index in [0.717, 1.165) is 16.3 Å². The molecule has 1 amide bonds. The Morgan fingerprint density at radius 2 is 1.93 bits per heavy atom. The summed E-state index contributed by atoms with van der Waals surface area (Å²) in [4.78, 5) is 19.0. The number of nitrogens with zero attached hydrogens (tertiary/aromatic N) is 2. The molecule has 0 atom stereocenters. The quantitative estimate of drug-likeness (QED) is 0.576. The molecule has 10 heteroatoms. The van der Waals surface area contributed by atoms with Crippen molar-refractivity contribution in [2.75, 3.05) is 13.1 Å². The highest BCUT2D eigenvalue weighted by Gasteiger charge is 2.27. The van der Waals surface area contributed by atoms with Crippen LogP contribution in [0.4, 0.5) is 0 Å². The number of thiazole rings is 1. The third-order valence-electron chi connectivity index (χ3n) is 4.92. The molecule has 1 aliphatic rings. The predicted octanol–water partition coefficient (Wildman–Crippen LogP) is 4.04. The van der Waals surface area contributed by atoms with E-state index in [0.29, 0.717) is 35.2 Å². The van der Waals surface area contributed by atoms with Crippen LogP contribution < -0.4 is 4.72 Å². The summed E-state index contributed by atoms with van der Waals surface area (Å²) in [6.45, 7) is 1.05. The number of carbonyl (C=O) groups is 1. The van der Waals surface area contributed by atoms with Crippen molar-refractivity contribution in [1.82, 2.24) is 14.6 Å². The van der Waals surface area contributed by atoms with Crippen LogP contribution in [0.2, 0.25) is 5.02 Å². The molecule has 30 heavy (non-hydrogen) atoms. The predicted molar refractivity (Wildman–Crippen MR) is 121 cm³/mol. The van der Waals surface area contributed by atoms with E-state index >= 15 is 0 Å². The first-order valence-electron chi connectivity index (χ1n) is 9.45. The van der Waals surface area contributed by atoms with E-state index in [-0.39, 0.29) is 18.4 Å². The lowest BCUT2D eigenvalue weighted by atomic mass is 10.1. The molecule has 1 aromatic carbocycles. The van der Waals surface area contributed by atoms with E-state index in [1.54, 1.807) is 22.4 Å². The summed E-state index contributed by atoms with van der Waals surface area (Å²) in [5, 5.41) is 5.06. The molecular weight excluding hydrogens is 462 g/mol. The Morgan fingerprint density at radius 3 is 2.63 bits per heavy atom. The molecule has 158 valence electrons. The van der Waals surface area contributed by atoms with Gasteiger partial charge in [-0.05, 0) is 30.4 Å². The first-order chi connectivity index (χ1) is 14.4. The van der Waals surface area contributed by atoms with Crippen molar-refractivity contribution in [2.45, 2.75) is 29.5 Å². The fraction of sp³-hybridized carbons (Fsp3) is 0.300. The van der Waals surface area contributed by atoms with Gasteiger partial charge in [-0.2, -0.15) is 0 Å². The lowest BCUT2D eigenvalue weighted by Gasteiger charge is -2.32. The maximum atomic E-state index is 12.7. The smallest absolute Gasteiger partial charge is 0.250 e. The Morgan fingerprint density at radius 1 is 1.17 bits per heavy atom. The number of rotatable bonds is 6. The molecule has 0 saturated carbocycles. The number of piperidine rings is 1. The van der Waals surface area contributed by atoms with Crippen molar-refractivity contribution in [2.24, 2.45) is 0 Å². The van der Waals surface area contributed by atoms with Gasteiger partial charge in [0.05, 0.1) is 17.1 Å². The normalized spacial score (nSPS) is 15.4. The van der Waals surface area contributed by atoms with Crippen LogP contribution in [-0.4, -0.2) is 43.3 Å². The molecule has 1 saturated heterocycles. The first-order valence-corrected chi connectivity index (χ1v) is 13.1. The molecule has 0 aliphatic carbocycles. The van der Waals surface area contributed by atoms with Crippen LogP contribution in [0, 0.1) is 0 Å². The van der Waals surface area contributed by atoms with Crippen molar-refractivity contribution in [3.05, 3.63) is 57.9 Å². The van der Waals surface area contributed by atoms with Crippen molar-refractivity contribution >= 4 is 50.2 Å². The van der Waals surface area contributed by atoms with Gasteiger partial charge in [-0.3, -0.25) is 4.79 Å². The number of nitrogens with one attached hydrogen (secondary N) is 1. The molecule has 0 spiro atoms. The van der Waals surface area contributed by atoms with Gasteiger partial charge in [0.15, 0.2) is 0 Å². The van der Waals surface area contributed by atoms with Gasteiger partial charge in [0.2, 0.25) is 15.9 Å². The van der Waals surface area contributed by atoms with E-state index < -0.39 is 10.0 Å². The number of hydrogen-bond acceptors (Lipinski definition) is 6. The molecular formula is C20H20ClN3O3S3. The van der Waals surface area contributed by atoms with Gasteiger partial charge in [-0.25, -0.2) is 18.1 Å². The van der Waals surface area contributed by atoms with E-state index in [4.69, 9.17) is 11.6 Å². The Bertz CT molecular complexity index is 1120. The first kappa shape index (κ1) is 21.5. The number of sulfonamides is 1. The van der Waals surface area contributed by atoms with Crippen LogP contribution in [-0.2, 0) is 21.2 Å². The van der Waals surface area contributed by atoms with Gasteiger partial charge in [-0.15, -0.1) is 22.7 Å². The van der Waals surface area contributed by atoms with Crippen LogP contribution >= 0.6 is 34.3 Å². The Kier molecular flexibility index (Phi) is 6.54. The molecule has 6 nitrogen and oxygen atoms in total. The lowest BCUT2D eigenvalue weighted by Crippen LogP contribution is -2.46. The molecule has 1 N–H and O–H groups in total. The van der Waals surface area contributed by atoms with Crippen LogP contribution in [0.25, 0.3) is 10.6 Å². The lowest BCUT2D eigenvalue weighted by molar-refractivity contribution is -0.131. The van der Waals surface area contributed by atoms with E-state index in [1.165, 1.54) is 22.7 Å². The second-order valence-corrected chi connectivity index (χ2v) is 11.2. The Labute approximate surface area is 188 Å². The summed E-state index contributed by atoms with van der Waals surface area (Å²) < 4.78 is 27.8. The van der Waals surface area contributed by atoms with Crippen LogP contribution in [0.5, 0.6) is 0 Å². The van der Waals surface area contributed by atoms with Crippen molar-refractivity contribution in [3.8, 4) is 10.6 Å². The second-order valence-electron chi connectivity index (χ2n) is 7.01. The molecule has 0 radical (unpaired) electrons. The highest BCUT2D eigenvalue weighted by molar-refractivity contribution is 7.91. The maximum Gasteiger partial charge on any atom is 0.250 e. The number of halogens is 1. The minimum Gasteiger partial charge on any atom is -0.342 e. The zero-order valence-electron chi connectivity index (χ0n) is 16.0. The molecule has 4 rings (SSSR count). The minimum atomic E-state index is -3.48. The molecule has 0 bridgehead atoms. The summed E-state index contributed by atoms with van der Waals surface area (Å²) in [5.41, 5.74) is 1.59. The van der Waals surface area contributed by atoms with Crippen molar-refractivity contribution in [1.29, 1.82) is 0 Å². The maximum absolute atomic E-state index is 12.7. The van der Waals surface area contributed by atoms with Crippen LogP contribution in [0.15, 0.2) is 51.4 Å². The number of amides is 1. The van der Waals surface area contributed by atoms with Crippen LogP contribution in [0.1, 0.15) is 18.5 Å². The fourth-order valence-electron chi connectivity index (χ4n) is 3.35. The SMILES string of the molecule is O=C(Cc1csc(-c2ccccc2Cl)n1)N1CCC(NS(=O)(=O)c2cccs2)CC1. The fourth-order valence-corrected chi connectivity index (χ4v) is 6.81. The highest BCUT2D eigenvalue weighted by atomic mass is 35.5. The summed E-state index contributed by atoms with van der Waals surface area (Å²) in [5.74, 6) is 0.00516. The van der Waals surface area contributed by atoms with E-state index in [2.05, 4.69) is 9.71 Å². The largest absolute Gasteiger partial charge is 0.342 e. The Hall–Kier alpha value is -1.78. The number of likely N-dealkylation sites (tertiary alicyclic amines) is 1. The number of hydrogen-bond donors (Lipinski definition) is 1. The second kappa shape index (κ2) is 9.15. The van der Waals surface area contributed by atoms with E-state index in [9.17, 15) is 13.2 Å². The number of aromatic nitrogens is 1. The van der Waals surface area contributed by atoms with Gasteiger partial charge in [0.1, 0.15) is 9.22 Å². The summed E-state index contributed by atoms with van der Waals surface area (Å²) in [6.07, 6.45) is 1.42. The molecule has 3 heterocycles. The topological polar surface area (TPSA) is 79.4 Å². The highest BCUT2D eigenvalue weighted by Crippen LogP contribution is 2.30. The average molecular weight is 482 g/mol. The zero-order valence-corrected chi connectivity index (χ0v) is 19.2. The van der Waals surface area contributed by atoms with Gasteiger partial charge in [-0.1, -0.05) is 35.9 Å². The number of benzene rings is 1. The third kappa shape index (κ3) is 4.92. The summed E-state index contributed by atoms with van der Waals surface area (Å²) in [6, 6.07) is 10.7. The van der Waals surface area contributed by atoms with Gasteiger partial charge in [0.25, 0.3) is 0 Å². The molecule has 1 fully saturated rings. The zero-order chi connectivity index (χ0) is 21.1. The van der Waals surface area contributed by atoms with Gasteiger partial charge < -0.3 is 4.90 Å². The molecule has 2 aromatic heterocycles. The Balaban J connectivity index is 1.31. The van der Waals surface area contributed by atoms with Crippen molar-refractivity contribution < 1.29 is 13.2 Å². The van der Waals surface area contributed by atoms with Gasteiger partial charge >= 0.3 is 0 Å². The number of carbonyl (C=O) groups excluding carboxylic acids is 1. The minimum absolute atomic E-state index is 0.00516.